The average Bonchev–Trinajstić information content (AvgIpc) is 2.09. The number of hydrogen-bond acceptors (Lipinski definition) is 2. The predicted octanol–water partition coefficient (Wildman–Crippen LogP) is 3.62. The molecular formula is C10H7Cl2FO2. The second-order valence-corrected chi connectivity index (χ2v) is 3.70. The van der Waals surface area contributed by atoms with Crippen LogP contribution in [0.25, 0.3) is 5.76 Å². The van der Waals surface area contributed by atoms with E-state index in [1.54, 1.807) is 0 Å². The lowest BCUT2D eigenvalue weighted by Crippen LogP contribution is -1.91. The number of benzene rings is 1. The van der Waals surface area contributed by atoms with Crippen molar-refractivity contribution in [3.63, 3.8) is 0 Å². The molecule has 1 rings (SSSR count). The van der Waals surface area contributed by atoms with E-state index in [0.717, 1.165) is 18.2 Å². The number of allylic oxidation sites excluding steroid dienone is 1. The molecule has 0 aliphatic rings. The molecule has 80 valence electrons. The zero-order valence-corrected chi connectivity index (χ0v) is 9.23. The van der Waals surface area contributed by atoms with Crippen molar-refractivity contribution in [3.05, 3.63) is 39.6 Å². The third-order valence-corrected chi connectivity index (χ3v) is 2.23. The summed E-state index contributed by atoms with van der Waals surface area (Å²) in [6.45, 7) is 1.26. The second-order valence-electron chi connectivity index (χ2n) is 2.89. The first kappa shape index (κ1) is 12.0. The molecule has 0 atom stereocenters. The molecule has 0 fully saturated rings. The first-order valence-electron chi connectivity index (χ1n) is 3.98. The van der Waals surface area contributed by atoms with E-state index in [2.05, 4.69) is 0 Å². The Morgan fingerprint density at radius 2 is 2.00 bits per heavy atom. The molecule has 0 aromatic heterocycles. The van der Waals surface area contributed by atoms with Gasteiger partial charge in [0.05, 0.1) is 10.0 Å². The van der Waals surface area contributed by atoms with Crippen LogP contribution < -0.4 is 0 Å². The number of hydrogen-bond donors (Lipinski definition) is 1. The van der Waals surface area contributed by atoms with Gasteiger partial charge in [0.15, 0.2) is 5.78 Å². The molecule has 0 amide bonds. The monoisotopic (exact) mass is 248 g/mol. The zero-order valence-electron chi connectivity index (χ0n) is 7.72. The SMILES string of the molecule is CC(=O)C=C(O)c1cc(F)c(Cl)cc1Cl. The van der Waals surface area contributed by atoms with Gasteiger partial charge in [0.1, 0.15) is 11.6 Å². The Balaban J connectivity index is 3.26. The first-order chi connectivity index (χ1) is 6.91. The fourth-order valence-corrected chi connectivity index (χ4v) is 1.47. The maximum absolute atomic E-state index is 13.0. The molecule has 0 saturated carbocycles. The Morgan fingerprint density at radius 3 is 2.53 bits per heavy atom. The Kier molecular flexibility index (Phi) is 3.72. The topological polar surface area (TPSA) is 37.3 Å². The smallest absolute Gasteiger partial charge is 0.156 e. The molecule has 1 N–H and O–H groups in total. The van der Waals surface area contributed by atoms with E-state index in [1.807, 2.05) is 0 Å². The van der Waals surface area contributed by atoms with E-state index in [1.165, 1.54) is 6.92 Å². The summed E-state index contributed by atoms with van der Waals surface area (Å²) >= 11 is 11.2. The summed E-state index contributed by atoms with van der Waals surface area (Å²) in [5.41, 5.74) is 0.0359. The lowest BCUT2D eigenvalue weighted by Gasteiger charge is -2.04. The van der Waals surface area contributed by atoms with Crippen LogP contribution >= 0.6 is 23.2 Å². The minimum absolute atomic E-state index is 0.0359. The Morgan fingerprint density at radius 1 is 1.40 bits per heavy atom. The number of rotatable bonds is 2. The molecule has 0 saturated heterocycles. The largest absolute Gasteiger partial charge is 0.507 e. The van der Waals surface area contributed by atoms with Gasteiger partial charge in [-0.05, 0) is 19.1 Å². The molecule has 0 unspecified atom stereocenters. The number of carbonyl (C=O) groups excluding carboxylic acids is 1. The van der Waals surface area contributed by atoms with Crippen molar-refractivity contribution >= 4 is 34.7 Å². The quantitative estimate of drug-likeness (QED) is 0.493. The van der Waals surface area contributed by atoms with Gasteiger partial charge in [0.2, 0.25) is 0 Å². The number of aliphatic hydroxyl groups is 1. The normalized spacial score (nSPS) is 11.6. The van der Waals surface area contributed by atoms with E-state index < -0.39 is 5.82 Å². The van der Waals surface area contributed by atoms with Crippen LogP contribution in [-0.2, 0) is 4.79 Å². The van der Waals surface area contributed by atoms with Gasteiger partial charge in [-0.3, -0.25) is 4.79 Å². The predicted molar refractivity (Wildman–Crippen MR) is 57.7 cm³/mol. The third kappa shape index (κ3) is 2.94. The first-order valence-corrected chi connectivity index (χ1v) is 4.73. The molecule has 0 radical (unpaired) electrons. The second kappa shape index (κ2) is 4.64. The van der Waals surface area contributed by atoms with Crippen LogP contribution in [-0.4, -0.2) is 10.9 Å². The molecule has 0 aliphatic carbocycles. The van der Waals surface area contributed by atoms with Gasteiger partial charge in [-0.2, -0.15) is 0 Å². The summed E-state index contributed by atoms with van der Waals surface area (Å²) < 4.78 is 13.0. The molecule has 0 bridgehead atoms. The van der Waals surface area contributed by atoms with Crippen molar-refractivity contribution in [1.82, 2.24) is 0 Å². The average molecular weight is 249 g/mol. The Hall–Kier alpha value is -1.06. The number of halogens is 3. The van der Waals surface area contributed by atoms with Crippen LogP contribution in [0.4, 0.5) is 4.39 Å². The van der Waals surface area contributed by atoms with Crippen molar-refractivity contribution < 1.29 is 14.3 Å². The van der Waals surface area contributed by atoms with Crippen LogP contribution in [0.5, 0.6) is 0 Å². The van der Waals surface area contributed by atoms with E-state index in [0.29, 0.717) is 0 Å². The van der Waals surface area contributed by atoms with Crippen LogP contribution in [0.2, 0.25) is 10.0 Å². The van der Waals surface area contributed by atoms with Crippen molar-refractivity contribution in [2.24, 2.45) is 0 Å². The van der Waals surface area contributed by atoms with Gasteiger partial charge < -0.3 is 5.11 Å². The molecule has 1 aromatic rings. The number of carbonyl (C=O) groups is 1. The fourth-order valence-electron chi connectivity index (χ4n) is 0.989. The zero-order chi connectivity index (χ0) is 11.6. The van der Waals surface area contributed by atoms with Gasteiger partial charge >= 0.3 is 0 Å². The molecule has 2 nitrogen and oxygen atoms in total. The number of aliphatic hydroxyl groups excluding tert-OH is 1. The molecule has 0 heterocycles. The van der Waals surface area contributed by atoms with Crippen LogP contribution in [0.3, 0.4) is 0 Å². The Labute approximate surface area is 95.9 Å². The van der Waals surface area contributed by atoms with Gasteiger partial charge in [-0.15, -0.1) is 0 Å². The highest BCUT2D eigenvalue weighted by Gasteiger charge is 2.10. The highest BCUT2D eigenvalue weighted by molar-refractivity contribution is 6.35. The Bertz CT molecular complexity index is 441. The molecular weight excluding hydrogens is 242 g/mol. The van der Waals surface area contributed by atoms with Gasteiger partial charge in [-0.1, -0.05) is 23.2 Å². The lowest BCUT2D eigenvalue weighted by molar-refractivity contribution is -0.112. The van der Waals surface area contributed by atoms with Crippen LogP contribution in [0.15, 0.2) is 18.2 Å². The third-order valence-electron chi connectivity index (χ3n) is 1.63. The molecule has 1 aromatic carbocycles. The van der Waals surface area contributed by atoms with Crippen molar-refractivity contribution in [3.8, 4) is 0 Å². The summed E-state index contributed by atoms with van der Waals surface area (Å²) in [5.74, 6) is -1.46. The highest BCUT2D eigenvalue weighted by Crippen LogP contribution is 2.28. The molecule has 0 aliphatic heterocycles. The molecule has 15 heavy (non-hydrogen) atoms. The molecule has 0 spiro atoms. The minimum Gasteiger partial charge on any atom is -0.507 e. The van der Waals surface area contributed by atoms with Gasteiger partial charge in [-0.25, -0.2) is 4.39 Å². The maximum atomic E-state index is 13.0. The standard InChI is InChI=1S/C10H7Cl2FO2/c1-5(14)2-10(15)6-3-9(13)8(12)4-7(6)11/h2-4,15H,1H3. The van der Waals surface area contributed by atoms with Crippen molar-refractivity contribution in [2.45, 2.75) is 6.92 Å². The number of ketones is 1. The van der Waals surface area contributed by atoms with Crippen molar-refractivity contribution in [1.29, 1.82) is 0 Å². The van der Waals surface area contributed by atoms with Crippen LogP contribution in [0.1, 0.15) is 12.5 Å². The highest BCUT2D eigenvalue weighted by atomic mass is 35.5. The summed E-state index contributed by atoms with van der Waals surface area (Å²) in [6, 6.07) is 2.14. The maximum Gasteiger partial charge on any atom is 0.156 e. The van der Waals surface area contributed by atoms with E-state index in [-0.39, 0.29) is 27.2 Å². The van der Waals surface area contributed by atoms with Crippen molar-refractivity contribution in [2.75, 3.05) is 0 Å². The minimum atomic E-state index is -0.709. The van der Waals surface area contributed by atoms with Crippen LogP contribution in [0, 0.1) is 5.82 Å². The molecule has 5 heteroatoms. The van der Waals surface area contributed by atoms with Gasteiger partial charge in [0, 0.05) is 11.6 Å². The summed E-state index contributed by atoms with van der Waals surface area (Å²) in [7, 11) is 0. The van der Waals surface area contributed by atoms with E-state index in [9.17, 15) is 14.3 Å². The van der Waals surface area contributed by atoms with E-state index in [4.69, 9.17) is 23.2 Å². The summed E-state index contributed by atoms with van der Waals surface area (Å²) in [5, 5.41) is 9.37. The summed E-state index contributed by atoms with van der Waals surface area (Å²) in [6.07, 6.45) is 0.953. The lowest BCUT2D eigenvalue weighted by atomic mass is 10.1. The summed E-state index contributed by atoms with van der Waals surface area (Å²) in [4.78, 5) is 10.7. The van der Waals surface area contributed by atoms with E-state index >= 15 is 0 Å². The van der Waals surface area contributed by atoms with Gasteiger partial charge in [0.25, 0.3) is 0 Å². The fraction of sp³-hybridized carbons (Fsp3) is 0.100.